The summed E-state index contributed by atoms with van der Waals surface area (Å²) in [6, 6.07) is 12.1. The van der Waals surface area contributed by atoms with E-state index in [1.54, 1.807) is 55.5 Å². The first-order valence-electron chi connectivity index (χ1n) is 12.9. The number of hydrogen-bond acceptors (Lipinski definition) is 6. The monoisotopic (exact) mass is 521 g/mol. The first-order chi connectivity index (χ1) is 18.8. The van der Waals surface area contributed by atoms with Gasteiger partial charge in [0.2, 0.25) is 11.8 Å². The molecule has 0 aromatic heterocycles. The zero-order valence-electron chi connectivity index (χ0n) is 21.6. The summed E-state index contributed by atoms with van der Waals surface area (Å²) in [7, 11) is 1.44. The van der Waals surface area contributed by atoms with Crippen LogP contribution in [0.2, 0.25) is 0 Å². The molecule has 0 saturated carbocycles. The van der Waals surface area contributed by atoms with E-state index in [1.807, 2.05) is 6.08 Å². The number of benzene rings is 2. The van der Waals surface area contributed by atoms with Crippen LogP contribution in [0.5, 0.6) is 11.5 Å². The molecule has 1 N–H and O–H groups in total. The molecule has 0 bridgehead atoms. The number of imide groups is 1. The van der Waals surface area contributed by atoms with Crippen LogP contribution in [0.1, 0.15) is 36.8 Å². The van der Waals surface area contributed by atoms with Gasteiger partial charge in [-0.25, -0.2) is 0 Å². The molecule has 2 aromatic carbocycles. The number of rotatable bonds is 4. The number of methoxy groups -OCH3 is 1. The highest BCUT2D eigenvalue weighted by atomic mass is 16.5. The number of allylic oxidation sites excluding steroid dienone is 6. The van der Waals surface area contributed by atoms with E-state index in [0.717, 1.165) is 11.1 Å². The van der Waals surface area contributed by atoms with Crippen LogP contribution in [0, 0.1) is 17.8 Å². The van der Waals surface area contributed by atoms with Crippen LogP contribution in [0.3, 0.4) is 0 Å². The third-order valence-corrected chi connectivity index (χ3v) is 8.51. The molecule has 2 aromatic rings. The van der Waals surface area contributed by atoms with E-state index in [1.165, 1.54) is 18.1 Å². The number of amides is 2. The van der Waals surface area contributed by atoms with Crippen molar-refractivity contribution >= 4 is 35.1 Å². The van der Waals surface area contributed by atoms with E-state index in [-0.39, 0.29) is 41.3 Å². The number of fused-ring (bicyclic) bond motifs is 3. The highest BCUT2D eigenvalue weighted by Gasteiger charge is 2.56. The van der Waals surface area contributed by atoms with Gasteiger partial charge < -0.3 is 9.84 Å². The molecule has 1 aliphatic heterocycles. The average molecular weight is 522 g/mol. The topological polar surface area (TPSA) is 101 Å². The molecule has 1 fully saturated rings. The molecule has 4 aliphatic rings. The van der Waals surface area contributed by atoms with Gasteiger partial charge in [0.15, 0.2) is 23.1 Å². The van der Waals surface area contributed by atoms with Crippen molar-refractivity contribution in [3.63, 3.8) is 0 Å². The lowest BCUT2D eigenvalue weighted by molar-refractivity contribution is -0.123. The van der Waals surface area contributed by atoms with Crippen LogP contribution in [0.25, 0.3) is 6.08 Å². The number of ether oxygens (including phenoxy) is 1. The number of phenols is 1. The number of anilines is 1. The van der Waals surface area contributed by atoms with Crippen molar-refractivity contribution in [1.29, 1.82) is 0 Å². The van der Waals surface area contributed by atoms with Crippen molar-refractivity contribution < 1.29 is 29.0 Å². The number of para-hydroxylation sites is 1. The lowest BCUT2D eigenvalue weighted by Crippen LogP contribution is -2.39. The molecule has 0 spiro atoms. The van der Waals surface area contributed by atoms with Gasteiger partial charge in [-0.2, -0.15) is 0 Å². The van der Waals surface area contributed by atoms with Crippen molar-refractivity contribution in [3.8, 4) is 11.5 Å². The molecule has 0 radical (unpaired) electrons. The minimum absolute atomic E-state index is 0.121. The van der Waals surface area contributed by atoms with Crippen LogP contribution in [0.4, 0.5) is 5.69 Å². The van der Waals surface area contributed by atoms with Crippen LogP contribution in [-0.4, -0.2) is 35.6 Å². The Morgan fingerprint density at radius 3 is 2.46 bits per heavy atom. The summed E-state index contributed by atoms with van der Waals surface area (Å²) >= 11 is 0. The maximum atomic E-state index is 13.9. The van der Waals surface area contributed by atoms with Crippen LogP contribution in [-0.2, 0) is 19.2 Å². The van der Waals surface area contributed by atoms with Crippen molar-refractivity contribution in [2.24, 2.45) is 17.8 Å². The van der Waals surface area contributed by atoms with Gasteiger partial charge in [-0.15, -0.1) is 0 Å². The van der Waals surface area contributed by atoms with Gasteiger partial charge in [0.05, 0.1) is 24.6 Å². The molecule has 4 unspecified atom stereocenters. The lowest BCUT2D eigenvalue weighted by atomic mass is 9.59. The molecule has 1 heterocycles. The summed E-state index contributed by atoms with van der Waals surface area (Å²) in [6.45, 7) is 5.36. The second-order valence-electron chi connectivity index (χ2n) is 10.4. The molecular weight excluding hydrogens is 494 g/mol. The third kappa shape index (κ3) is 3.56. The molecule has 196 valence electrons. The maximum Gasteiger partial charge on any atom is 0.238 e. The Labute approximate surface area is 225 Å². The van der Waals surface area contributed by atoms with Crippen LogP contribution >= 0.6 is 0 Å². The fourth-order valence-corrected chi connectivity index (χ4v) is 6.69. The van der Waals surface area contributed by atoms with Crippen molar-refractivity contribution in [2.75, 3.05) is 12.0 Å². The number of Topliss-reactive ketones (excluding diaryl/α,β-unsaturated/α-hetero) is 1. The van der Waals surface area contributed by atoms with Gasteiger partial charge in [0.1, 0.15) is 0 Å². The smallest absolute Gasteiger partial charge is 0.238 e. The Bertz CT molecular complexity index is 1570. The van der Waals surface area contributed by atoms with Gasteiger partial charge in [0.25, 0.3) is 0 Å². The van der Waals surface area contributed by atoms with E-state index in [2.05, 4.69) is 6.58 Å². The van der Waals surface area contributed by atoms with Crippen molar-refractivity contribution in [2.45, 2.75) is 25.7 Å². The van der Waals surface area contributed by atoms with Gasteiger partial charge in [-0.3, -0.25) is 24.1 Å². The van der Waals surface area contributed by atoms with Gasteiger partial charge >= 0.3 is 0 Å². The summed E-state index contributed by atoms with van der Waals surface area (Å²) in [5.74, 6) is -3.46. The molecule has 1 saturated heterocycles. The van der Waals surface area contributed by atoms with Crippen molar-refractivity contribution in [1.82, 2.24) is 0 Å². The highest BCUT2D eigenvalue weighted by Crippen LogP contribution is 2.57. The number of nitrogens with zero attached hydrogens (tertiary/aromatic N) is 1. The van der Waals surface area contributed by atoms with Crippen molar-refractivity contribution in [3.05, 3.63) is 94.6 Å². The van der Waals surface area contributed by atoms with Gasteiger partial charge in [-0.1, -0.05) is 48.6 Å². The van der Waals surface area contributed by atoms with E-state index in [0.29, 0.717) is 34.4 Å². The Morgan fingerprint density at radius 1 is 1.03 bits per heavy atom. The largest absolute Gasteiger partial charge is 0.504 e. The number of phenolic OH excluding ortho intramolecular Hbond substituents is 1. The van der Waals surface area contributed by atoms with Crippen LogP contribution in [0.15, 0.2) is 83.5 Å². The number of hydrogen-bond donors (Lipinski definition) is 1. The van der Waals surface area contributed by atoms with E-state index >= 15 is 0 Å². The number of aromatic hydroxyl groups is 1. The lowest BCUT2D eigenvalue weighted by Gasteiger charge is -2.42. The zero-order chi connectivity index (χ0) is 27.6. The predicted molar refractivity (Wildman–Crippen MR) is 145 cm³/mol. The molecule has 7 nitrogen and oxygen atoms in total. The molecule has 2 amide bonds. The molecule has 6 rings (SSSR count). The minimum atomic E-state index is -0.737. The number of ketones is 2. The first kappa shape index (κ1) is 24.8. The summed E-state index contributed by atoms with van der Waals surface area (Å²) in [5, 5.41) is 11.1. The summed E-state index contributed by atoms with van der Waals surface area (Å²) in [5.41, 5.74) is 3.58. The summed E-state index contributed by atoms with van der Waals surface area (Å²) in [4.78, 5) is 55.5. The third-order valence-electron chi connectivity index (χ3n) is 8.51. The average Bonchev–Trinajstić information content (AvgIpc) is 3.20. The van der Waals surface area contributed by atoms with Gasteiger partial charge in [0, 0.05) is 28.2 Å². The molecule has 39 heavy (non-hydrogen) atoms. The number of carbonyl (C=O) groups excluding carboxylic acids is 4. The zero-order valence-corrected chi connectivity index (χ0v) is 21.6. The SMILES string of the molecule is C=Cc1ccc(N2C(=O)C3CC=C4C(c5cccc(OC)c5O)C5=C(CC4C3C2=O)C(=O)C(C)=CC5=O)cc1. The highest BCUT2D eigenvalue weighted by molar-refractivity contribution is 6.25. The second kappa shape index (κ2) is 9.05. The standard InChI is InChI=1S/C32H27NO6/c1-4-17-8-10-18(11-9-17)33-31(37)21-13-12-19-22(27(21)32(33)38)15-23-28(24(34)14-16(2)29(23)35)26(19)20-6-5-7-25(39-3)30(20)36/h4-12,14,21-22,26-27,36H,1,13,15H2,2-3H3. The first-order valence-corrected chi connectivity index (χ1v) is 12.9. The predicted octanol–water partition coefficient (Wildman–Crippen LogP) is 4.68. The molecular formula is C32H27NO6. The quantitative estimate of drug-likeness (QED) is 0.356. The molecule has 7 heteroatoms. The van der Waals surface area contributed by atoms with Crippen LogP contribution < -0.4 is 9.64 Å². The molecule has 3 aliphatic carbocycles. The fourth-order valence-electron chi connectivity index (χ4n) is 6.69. The Hall–Kier alpha value is -4.52. The normalized spacial score (nSPS) is 26.1. The maximum absolute atomic E-state index is 13.9. The molecule has 4 atom stereocenters. The fraction of sp³-hybridized carbons (Fsp3) is 0.250. The van der Waals surface area contributed by atoms with E-state index in [4.69, 9.17) is 4.74 Å². The minimum Gasteiger partial charge on any atom is -0.504 e. The summed E-state index contributed by atoms with van der Waals surface area (Å²) in [6.07, 6.45) is 5.47. The Balaban J connectivity index is 1.49. The van der Waals surface area contributed by atoms with E-state index < -0.39 is 23.7 Å². The van der Waals surface area contributed by atoms with Gasteiger partial charge in [-0.05, 0) is 55.5 Å². The Morgan fingerprint density at radius 2 is 1.77 bits per heavy atom. The van der Waals surface area contributed by atoms with E-state index in [9.17, 15) is 24.3 Å². The summed E-state index contributed by atoms with van der Waals surface area (Å²) < 4.78 is 5.33. The second-order valence-corrected chi connectivity index (χ2v) is 10.4. The Kier molecular flexibility index (Phi) is 5.75. The number of carbonyl (C=O) groups is 4.